The minimum atomic E-state index is -0.295. The van der Waals surface area contributed by atoms with Crippen LogP contribution in [0.4, 0.5) is 5.13 Å². The standard InChI is InChI=1S/C15H14N6O2S/c1-9-11(17-8-21(2)14(9)23)7-12(22)18-15-20-19-13(24-15)10-3-5-16-6-4-10/h3-6,8H,7H2,1-2H3,(H,18,20,22). The molecule has 0 bridgehead atoms. The highest BCUT2D eigenvalue weighted by atomic mass is 32.1. The average molecular weight is 342 g/mol. The van der Waals surface area contributed by atoms with Crippen LogP contribution in [0.3, 0.4) is 0 Å². The summed E-state index contributed by atoms with van der Waals surface area (Å²) in [7, 11) is 1.62. The minimum absolute atomic E-state index is 0.00604. The first-order chi connectivity index (χ1) is 11.5. The summed E-state index contributed by atoms with van der Waals surface area (Å²) in [6, 6.07) is 3.64. The summed E-state index contributed by atoms with van der Waals surface area (Å²) in [6.45, 7) is 1.66. The first-order valence-electron chi connectivity index (χ1n) is 7.09. The van der Waals surface area contributed by atoms with E-state index in [0.29, 0.717) is 21.4 Å². The van der Waals surface area contributed by atoms with E-state index in [2.05, 4.69) is 25.5 Å². The number of pyridine rings is 1. The number of nitrogens with zero attached hydrogens (tertiary/aromatic N) is 5. The number of nitrogens with one attached hydrogen (secondary N) is 1. The quantitative estimate of drug-likeness (QED) is 0.764. The number of hydrogen-bond acceptors (Lipinski definition) is 7. The zero-order valence-electron chi connectivity index (χ0n) is 13.1. The van der Waals surface area contributed by atoms with Crippen molar-refractivity contribution in [1.29, 1.82) is 0 Å². The van der Waals surface area contributed by atoms with Gasteiger partial charge in [0.25, 0.3) is 5.56 Å². The first kappa shape index (κ1) is 15.9. The van der Waals surface area contributed by atoms with Gasteiger partial charge in [0.15, 0.2) is 0 Å². The Kier molecular flexibility index (Phi) is 4.43. The molecule has 0 spiro atoms. The van der Waals surface area contributed by atoms with Gasteiger partial charge >= 0.3 is 0 Å². The van der Waals surface area contributed by atoms with E-state index in [1.807, 2.05) is 12.1 Å². The SMILES string of the molecule is Cc1c(CC(=O)Nc2nnc(-c3ccncc3)s2)ncn(C)c1=O. The molecule has 0 atom stereocenters. The van der Waals surface area contributed by atoms with Gasteiger partial charge in [-0.2, -0.15) is 0 Å². The molecule has 0 saturated carbocycles. The monoisotopic (exact) mass is 342 g/mol. The van der Waals surface area contributed by atoms with Crippen molar-refractivity contribution in [2.45, 2.75) is 13.3 Å². The van der Waals surface area contributed by atoms with Crippen molar-refractivity contribution < 1.29 is 4.79 Å². The molecule has 8 nitrogen and oxygen atoms in total. The van der Waals surface area contributed by atoms with Crippen LogP contribution in [0.5, 0.6) is 0 Å². The molecule has 3 aromatic rings. The number of carbonyl (C=O) groups excluding carboxylic acids is 1. The Labute approximate surface area is 141 Å². The van der Waals surface area contributed by atoms with Crippen molar-refractivity contribution in [3.05, 3.63) is 52.5 Å². The lowest BCUT2D eigenvalue weighted by Gasteiger charge is -2.05. The Morgan fingerprint density at radius 1 is 1.29 bits per heavy atom. The smallest absolute Gasteiger partial charge is 0.256 e. The molecule has 0 saturated heterocycles. The summed E-state index contributed by atoms with van der Waals surface area (Å²) in [5, 5.41) is 11.8. The van der Waals surface area contributed by atoms with Crippen LogP contribution in [0, 0.1) is 6.92 Å². The van der Waals surface area contributed by atoms with Gasteiger partial charge < -0.3 is 9.88 Å². The van der Waals surface area contributed by atoms with Crippen LogP contribution < -0.4 is 10.9 Å². The molecule has 0 aliphatic rings. The van der Waals surface area contributed by atoms with Crippen LogP contribution in [0.15, 0.2) is 35.6 Å². The second-order valence-electron chi connectivity index (χ2n) is 5.11. The van der Waals surface area contributed by atoms with Gasteiger partial charge in [0.05, 0.1) is 18.4 Å². The van der Waals surface area contributed by atoms with Crippen molar-refractivity contribution in [1.82, 2.24) is 24.7 Å². The first-order valence-corrected chi connectivity index (χ1v) is 7.91. The van der Waals surface area contributed by atoms with E-state index in [-0.39, 0.29) is 17.9 Å². The summed E-state index contributed by atoms with van der Waals surface area (Å²) in [5.74, 6) is -0.295. The third-order valence-corrected chi connectivity index (χ3v) is 4.28. The van der Waals surface area contributed by atoms with Gasteiger partial charge in [-0.1, -0.05) is 11.3 Å². The van der Waals surface area contributed by atoms with Crippen LogP contribution in [-0.4, -0.2) is 30.6 Å². The molecular formula is C15H14N6O2S. The summed E-state index contributed by atoms with van der Waals surface area (Å²) >= 11 is 1.27. The number of carbonyl (C=O) groups is 1. The molecule has 9 heteroatoms. The van der Waals surface area contributed by atoms with Crippen molar-refractivity contribution >= 4 is 22.4 Å². The largest absolute Gasteiger partial charge is 0.302 e. The molecule has 0 fully saturated rings. The average Bonchev–Trinajstić information content (AvgIpc) is 3.04. The van der Waals surface area contributed by atoms with E-state index in [9.17, 15) is 9.59 Å². The van der Waals surface area contributed by atoms with Gasteiger partial charge in [-0.15, -0.1) is 10.2 Å². The van der Waals surface area contributed by atoms with Gasteiger partial charge in [-0.25, -0.2) is 4.98 Å². The fourth-order valence-corrected chi connectivity index (χ4v) is 2.84. The van der Waals surface area contributed by atoms with Gasteiger partial charge in [0.1, 0.15) is 5.01 Å². The second kappa shape index (κ2) is 6.67. The topological polar surface area (TPSA) is 103 Å². The summed E-state index contributed by atoms with van der Waals surface area (Å²) < 4.78 is 1.38. The van der Waals surface area contributed by atoms with E-state index in [0.717, 1.165) is 5.56 Å². The lowest BCUT2D eigenvalue weighted by atomic mass is 10.2. The summed E-state index contributed by atoms with van der Waals surface area (Å²) in [5.41, 5.74) is 1.63. The Morgan fingerprint density at radius 2 is 2.04 bits per heavy atom. The van der Waals surface area contributed by atoms with Gasteiger partial charge in [0.2, 0.25) is 11.0 Å². The highest BCUT2D eigenvalue weighted by Gasteiger charge is 2.13. The van der Waals surface area contributed by atoms with Crippen molar-refractivity contribution in [2.75, 3.05) is 5.32 Å². The number of amides is 1. The van der Waals surface area contributed by atoms with E-state index in [1.54, 1.807) is 26.4 Å². The Hall–Kier alpha value is -2.94. The van der Waals surface area contributed by atoms with Crippen LogP contribution in [0.2, 0.25) is 0 Å². The van der Waals surface area contributed by atoms with E-state index < -0.39 is 0 Å². The molecular weight excluding hydrogens is 328 g/mol. The lowest BCUT2D eigenvalue weighted by Crippen LogP contribution is -2.24. The van der Waals surface area contributed by atoms with Crippen LogP contribution in [0.25, 0.3) is 10.6 Å². The third-order valence-electron chi connectivity index (χ3n) is 3.39. The molecule has 0 aliphatic heterocycles. The van der Waals surface area contributed by atoms with Crippen LogP contribution >= 0.6 is 11.3 Å². The lowest BCUT2D eigenvalue weighted by molar-refractivity contribution is -0.115. The second-order valence-corrected chi connectivity index (χ2v) is 6.08. The summed E-state index contributed by atoms with van der Waals surface area (Å²) in [4.78, 5) is 32.1. The Morgan fingerprint density at radius 3 is 2.79 bits per heavy atom. The minimum Gasteiger partial charge on any atom is -0.302 e. The molecule has 0 unspecified atom stereocenters. The van der Waals surface area contributed by atoms with Crippen molar-refractivity contribution in [3.8, 4) is 10.6 Å². The van der Waals surface area contributed by atoms with E-state index in [1.165, 1.54) is 22.2 Å². The molecule has 3 heterocycles. The fourth-order valence-electron chi connectivity index (χ4n) is 2.07. The zero-order valence-corrected chi connectivity index (χ0v) is 13.9. The highest BCUT2D eigenvalue weighted by Crippen LogP contribution is 2.25. The molecule has 3 aromatic heterocycles. The Balaban J connectivity index is 1.71. The molecule has 122 valence electrons. The third kappa shape index (κ3) is 3.35. The number of aromatic nitrogens is 5. The predicted molar refractivity (Wildman–Crippen MR) is 89.7 cm³/mol. The summed E-state index contributed by atoms with van der Waals surface area (Å²) in [6.07, 6.45) is 4.75. The molecule has 3 rings (SSSR count). The fraction of sp³-hybridized carbons (Fsp3) is 0.200. The molecule has 0 aliphatic carbocycles. The number of aryl methyl sites for hydroxylation is 1. The molecule has 1 N–H and O–H groups in total. The van der Waals surface area contributed by atoms with Crippen LogP contribution in [-0.2, 0) is 18.3 Å². The Bertz CT molecular complexity index is 935. The van der Waals surface area contributed by atoms with E-state index >= 15 is 0 Å². The highest BCUT2D eigenvalue weighted by molar-refractivity contribution is 7.18. The predicted octanol–water partition coefficient (Wildman–Crippen LogP) is 1.18. The number of hydrogen-bond donors (Lipinski definition) is 1. The van der Waals surface area contributed by atoms with E-state index in [4.69, 9.17) is 0 Å². The zero-order chi connectivity index (χ0) is 17.1. The number of rotatable bonds is 4. The number of anilines is 1. The molecule has 1 amide bonds. The van der Waals surface area contributed by atoms with Gasteiger partial charge in [-0.3, -0.25) is 14.6 Å². The normalized spacial score (nSPS) is 10.6. The van der Waals surface area contributed by atoms with Gasteiger partial charge in [0, 0.05) is 30.6 Å². The maximum atomic E-state index is 12.1. The molecule has 24 heavy (non-hydrogen) atoms. The van der Waals surface area contributed by atoms with Crippen molar-refractivity contribution in [3.63, 3.8) is 0 Å². The van der Waals surface area contributed by atoms with Crippen LogP contribution in [0.1, 0.15) is 11.3 Å². The van der Waals surface area contributed by atoms with Crippen molar-refractivity contribution in [2.24, 2.45) is 7.05 Å². The maximum absolute atomic E-state index is 12.1. The maximum Gasteiger partial charge on any atom is 0.256 e. The van der Waals surface area contributed by atoms with Gasteiger partial charge in [-0.05, 0) is 19.1 Å². The molecule has 0 aromatic carbocycles. The molecule has 0 radical (unpaired) electrons.